The van der Waals surface area contributed by atoms with Gasteiger partial charge in [-0.1, -0.05) is 58.4 Å². The minimum absolute atomic E-state index is 0.00309. The molecule has 2 nitrogen and oxygen atoms in total. The number of halogens is 2. The molecule has 0 aliphatic carbocycles. The number of carbonyl (C=O) groups is 1. The number of rotatable bonds is 4. The SMILES string of the molecule is CC(C)C(CI)NC(=O)c1cccc(Br)c1. The number of hydrogen-bond acceptors (Lipinski definition) is 1. The van der Waals surface area contributed by atoms with Crippen LogP contribution >= 0.6 is 38.5 Å². The van der Waals surface area contributed by atoms with Gasteiger partial charge in [-0.15, -0.1) is 0 Å². The molecule has 1 unspecified atom stereocenters. The Morgan fingerprint density at radius 2 is 2.19 bits per heavy atom. The predicted octanol–water partition coefficient (Wildman–Crippen LogP) is 3.64. The lowest BCUT2D eigenvalue weighted by Crippen LogP contribution is -2.39. The maximum atomic E-state index is 11.9. The van der Waals surface area contributed by atoms with Crippen molar-refractivity contribution < 1.29 is 4.79 Å². The van der Waals surface area contributed by atoms with Gasteiger partial charge in [-0.2, -0.15) is 0 Å². The number of amides is 1. The van der Waals surface area contributed by atoms with Crippen LogP contribution in [0.4, 0.5) is 0 Å². The summed E-state index contributed by atoms with van der Waals surface area (Å²) < 4.78 is 1.85. The smallest absolute Gasteiger partial charge is 0.251 e. The molecule has 0 aliphatic rings. The number of hydrogen-bond donors (Lipinski definition) is 1. The molecule has 0 saturated heterocycles. The molecule has 0 spiro atoms. The number of nitrogens with one attached hydrogen (secondary N) is 1. The molecule has 0 aliphatic heterocycles. The second-order valence-electron chi connectivity index (χ2n) is 3.99. The van der Waals surface area contributed by atoms with E-state index in [9.17, 15) is 4.79 Å². The molecule has 4 heteroatoms. The number of alkyl halides is 1. The second-order valence-corrected chi connectivity index (χ2v) is 5.79. The predicted molar refractivity (Wildman–Crippen MR) is 79.1 cm³/mol. The quantitative estimate of drug-likeness (QED) is 0.612. The van der Waals surface area contributed by atoms with Crippen LogP contribution in [0.5, 0.6) is 0 Å². The zero-order chi connectivity index (χ0) is 12.1. The van der Waals surface area contributed by atoms with Crippen molar-refractivity contribution in [3.8, 4) is 0 Å². The van der Waals surface area contributed by atoms with Crippen molar-refractivity contribution in [2.75, 3.05) is 4.43 Å². The lowest BCUT2D eigenvalue weighted by Gasteiger charge is -2.19. The van der Waals surface area contributed by atoms with E-state index in [1.807, 2.05) is 24.3 Å². The van der Waals surface area contributed by atoms with E-state index in [1.165, 1.54) is 0 Å². The third kappa shape index (κ3) is 4.05. The Bertz CT molecular complexity index is 368. The highest BCUT2D eigenvalue weighted by Gasteiger charge is 2.15. The molecule has 1 N–H and O–H groups in total. The third-order valence-corrected chi connectivity index (χ3v) is 3.82. The Morgan fingerprint density at radius 3 is 2.69 bits per heavy atom. The molecule has 1 rings (SSSR count). The molecule has 0 aromatic heterocycles. The van der Waals surface area contributed by atoms with E-state index >= 15 is 0 Å². The van der Waals surface area contributed by atoms with E-state index in [2.05, 4.69) is 57.7 Å². The highest BCUT2D eigenvalue weighted by Crippen LogP contribution is 2.12. The summed E-state index contributed by atoms with van der Waals surface area (Å²) in [6.07, 6.45) is 0. The van der Waals surface area contributed by atoms with Crippen LogP contribution in [0.15, 0.2) is 28.7 Å². The Labute approximate surface area is 118 Å². The van der Waals surface area contributed by atoms with Crippen molar-refractivity contribution in [1.29, 1.82) is 0 Å². The first kappa shape index (κ1) is 14.0. The van der Waals surface area contributed by atoms with E-state index in [1.54, 1.807) is 0 Å². The van der Waals surface area contributed by atoms with E-state index in [0.717, 1.165) is 8.90 Å². The minimum atomic E-state index is -0.00309. The highest BCUT2D eigenvalue weighted by molar-refractivity contribution is 14.1. The van der Waals surface area contributed by atoms with Gasteiger partial charge in [0, 0.05) is 20.5 Å². The van der Waals surface area contributed by atoms with Gasteiger partial charge >= 0.3 is 0 Å². The lowest BCUT2D eigenvalue weighted by atomic mass is 10.1. The molecule has 0 fully saturated rings. The molecular formula is C12H15BrINO. The van der Waals surface area contributed by atoms with Crippen LogP contribution in [-0.4, -0.2) is 16.4 Å². The minimum Gasteiger partial charge on any atom is -0.348 e. The van der Waals surface area contributed by atoms with Gasteiger partial charge in [-0.3, -0.25) is 4.79 Å². The monoisotopic (exact) mass is 395 g/mol. The normalized spacial score (nSPS) is 12.6. The van der Waals surface area contributed by atoms with Crippen molar-refractivity contribution >= 4 is 44.4 Å². The molecule has 1 aromatic carbocycles. The van der Waals surface area contributed by atoms with Gasteiger partial charge in [-0.25, -0.2) is 0 Å². The first-order valence-electron chi connectivity index (χ1n) is 5.17. The fraction of sp³-hybridized carbons (Fsp3) is 0.417. The van der Waals surface area contributed by atoms with Gasteiger partial charge in [-0.05, 0) is 24.1 Å². The van der Waals surface area contributed by atoms with Crippen LogP contribution in [-0.2, 0) is 0 Å². The van der Waals surface area contributed by atoms with E-state index in [-0.39, 0.29) is 11.9 Å². The summed E-state index contributed by atoms with van der Waals surface area (Å²) in [7, 11) is 0. The van der Waals surface area contributed by atoms with Crippen LogP contribution in [0.1, 0.15) is 24.2 Å². The van der Waals surface area contributed by atoms with Gasteiger partial charge in [0.1, 0.15) is 0 Å². The average Bonchev–Trinajstić information content (AvgIpc) is 2.25. The molecule has 16 heavy (non-hydrogen) atoms. The lowest BCUT2D eigenvalue weighted by molar-refractivity contribution is 0.0932. The Hall–Kier alpha value is -0.100. The van der Waals surface area contributed by atoms with E-state index < -0.39 is 0 Å². The number of carbonyl (C=O) groups excluding carboxylic acids is 1. The van der Waals surface area contributed by atoms with Crippen LogP contribution in [0.2, 0.25) is 0 Å². The van der Waals surface area contributed by atoms with Gasteiger partial charge in [0.05, 0.1) is 0 Å². The summed E-state index contributed by atoms with van der Waals surface area (Å²) in [5.74, 6) is 0.449. The molecule has 0 bridgehead atoms. The number of benzene rings is 1. The fourth-order valence-corrected chi connectivity index (χ4v) is 2.90. The van der Waals surface area contributed by atoms with Crippen molar-refractivity contribution in [1.82, 2.24) is 5.32 Å². The van der Waals surface area contributed by atoms with Crippen molar-refractivity contribution in [2.45, 2.75) is 19.9 Å². The highest BCUT2D eigenvalue weighted by atomic mass is 127. The fourth-order valence-electron chi connectivity index (χ4n) is 1.26. The molecule has 88 valence electrons. The first-order valence-corrected chi connectivity index (χ1v) is 7.49. The van der Waals surface area contributed by atoms with Crippen molar-refractivity contribution in [3.63, 3.8) is 0 Å². The van der Waals surface area contributed by atoms with Crippen molar-refractivity contribution in [3.05, 3.63) is 34.3 Å². The van der Waals surface area contributed by atoms with Gasteiger partial charge in [0.2, 0.25) is 0 Å². The van der Waals surface area contributed by atoms with Crippen LogP contribution in [0.3, 0.4) is 0 Å². The maximum absolute atomic E-state index is 11.9. The largest absolute Gasteiger partial charge is 0.348 e. The molecule has 0 radical (unpaired) electrons. The maximum Gasteiger partial charge on any atom is 0.251 e. The average molecular weight is 396 g/mol. The Morgan fingerprint density at radius 1 is 1.50 bits per heavy atom. The molecule has 0 heterocycles. The molecule has 1 aromatic rings. The van der Waals surface area contributed by atoms with Crippen LogP contribution in [0, 0.1) is 5.92 Å². The standard InChI is InChI=1S/C12H15BrINO/c1-8(2)11(7-14)15-12(16)9-4-3-5-10(13)6-9/h3-6,8,11H,7H2,1-2H3,(H,15,16). The zero-order valence-electron chi connectivity index (χ0n) is 9.34. The summed E-state index contributed by atoms with van der Waals surface area (Å²) in [5.41, 5.74) is 0.699. The zero-order valence-corrected chi connectivity index (χ0v) is 13.1. The van der Waals surface area contributed by atoms with Gasteiger partial charge < -0.3 is 5.32 Å². The van der Waals surface area contributed by atoms with E-state index in [4.69, 9.17) is 0 Å². The van der Waals surface area contributed by atoms with Crippen LogP contribution in [0.25, 0.3) is 0 Å². The summed E-state index contributed by atoms with van der Waals surface area (Å²) in [4.78, 5) is 11.9. The third-order valence-electron chi connectivity index (χ3n) is 2.37. The molecular weight excluding hydrogens is 381 g/mol. The molecule has 1 amide bonds. The van der Waals surface area contributed by atoms with Gasteiger partial charge in [0.25, 0.3) is 5.91 Å². The topological polar surface area (TPSA) is 29.1 Å². The second kappa shape index (κ2) is 6.59. The summed E-state index contributed by atoms with van der Waals surface area (Å²) in [6, 6.07) is 7.67. The Kier molecular flexibility index (Phi) is 5.75. The first-order chi connectivity index (χ1) is 7.54. The molecule has 0 saturated carbocycles. The summed E-state index contributed by atoms with van der Waals surface area (Å²) in [5, 5.41) is 3.04. The summed E-state index contributed by atoms with van der Waals surface area (Å²) in [6.45, 7) is 4.23. The van der Waals surface area contributed by atoms with Gasteiger partial charge in [0.15, 0.2) is 0 Å². The van der Waals surface area contributed by atoms with Crippen LogP contribution < -0.4 is 5.32 Å². The summed E-state index contributed by atoms with van der Waals surface area (Å²) >= 11 is 5.66. The van der Waals surface area contributed by atoms with Crippen molar-refractivity contribution in [2.24, 2.45) is 5.92 Å². The van der Waals surface area contributed by atoms with E-state index in [0.29, 0.717) is 11.5 Å². The Balaban J connectivity index is 2.72. The molecule has 1 atom stereocenters.